The number of nitrogens with one attached hydrogen (secondary N) is 3. The zero-order chi connectivity index (χ0) is 29.3. The molecular formula is C28H36N4O6S2. The van der Waals surface area contributed by atoms with E-state index in [4.69, 9.17) is 9.29 Å². The normalized spacial score (nSPS) is 13.2. The first kappa shape index (κ1) is 31.1. The molecule has 12 heteroatoms. The Morgan fingerprint density at radius 3 is 2.25 bits per heavy atom. The minimum atomic E-state index is -4.38. The van der Waals surface area contributed by atoms with Crippen molar-refractivity contribution < 1.29 is 27.3 Å². The number of nitrogens with zero attached hydrogens (tertiary/aromatic N) is 1. The molecule has 10 nitrogen and oxygen atoms in total. The third kappa shape index (κ3) is 10.6. The van der Waals surface area contributed by atoms with Crippen LogP contribution in [0, 0.1) is 5.92 Å². The zero-order valence-electron chi connectivity index (χ0n) is 23.0. The van der Waals surface area contributed by atoms with Crippen molar-refractivity contribution in [2.24, 2.45) is 5.92 Å². The molecule has 0 bridgehead atoms. The highest BCUT2D eigenvalue weighted by Crippen LogP contribution is 2.26. The number of thiazole rings is 1. The number of anilines is 1. The molecule has 4 N–H and O–H groups in total. The Morgan fingerprint density at radius 1 is 1.02 bits per heavy atom. The van der Waals surface area contributed by atoms with E-state index in [-0.39, 0.29) is 18.1 Å². The molecule has 0 aliphatic rings. The van der Waals surface area contributed by atoms with Crippen LogP contribution in [0.25, 0.3) is 0 Å². The van der Waals surface area contributed by atoms with E-state index in [1.54, 1.807) is 39.1 Å². The van der Waals surface area contributed by atoms with Crippen LogP contribution in [-0.4, -0.2) is 42.1 Å². The van der Waals surface area contributed by atoms with Crippen LogP contribution < -0.4 is 15.4 Å². The van der Waals surface area contributed by atoms with Gasteiger partial charge in [0, 0.05) is 17.6 Å². The van der Waals surface area contributed by atoms with Crippen LogP contribution in [0.2, 0.25) is 0 Å². The summed E-state index contributed by atoms with van der Waals surface area (Å²) in [6, 6.07) is 15.6. The summed E-state index contributed by atoms with van der Waals surface area (Å²) >= 11 is 1.51. The highest BCUT2D eigenvalue weighted by atomic mass is 32.2. The van der Waals surface area contributed by atoms with Gasteiger partial charge in [0.1, 0.15) is 10.6 Å². The second-order valence-electron chi connectivity index (χ2n) is 10.3. The van der Waals surface area contributed by atoms with E-state index in [1.165, 1.54) is 23.5 Å². The molecule has 0 unspecified atom stereocenters. The highest BCUT2D eigenvalue weighted by molar-refractivity contribution is 7.87. The van der Waals surface area contributed by atoms with Gasteiger partial charge in [-0.2, -0.15) is 8.42 Å². The topological polar surface area (TPSA) is 147 Å². The fourth-order valence-electron chi connectivity index (χ4n) is 3.91. The Bertz CT molecular complexity index is 1370. The monoisotopic (exact) mass is 588 g/mol. The first-order valence-electron chi connectivity index (χ1n) is 12.9. The van der Waals surface area contributed by atoms with Gasteiger partial charge in [-0.15, -0.1) is 11.3 Å². The number of benzene rings is 2. The van der Waals surface area contributed by atoms with Crippen molar-refractivity contribution >= 4 is 39.3 Å². The number of amides is 2. The number of rotatable bonds is 12. The van der Waals surface area contributed by atoms with Crippen molar-refractivity contribution in [2.75, 3.05) is 11.3 Å². The van der Waals surface area contributed by atoms with Gasteiger partial charge in [-0.1, -0.05) is 49.4 Å². The van der Waals surface area contributed by atoms with Crippen LogP contribution in [-0.2, 0) is 39.1 Å². The minimum Gasteiger partial charge on any atom is -0.444 e. The Kier molecular flexibility index (Phi) is 10.7. The fourth-order valence-corrected chi connectivity index (χ4v) is 5.25. The highest BCUT2D eigenvalue weighted by Gasteiger charge is 2.26. The van der Waals surface area contributed by atoms with Crippen molar-refractivity contribution in [1.29, 1.82) is 0 Å². The molecule has 2 atom stereocenters. The summed E-state index contributed by atoms with van der Waals surface area (Å²) in [6.45, 7) is 7.43. The van der Waals surface area contributed by atoms with Gasteiger partial charge in [-0.05, 0) is 63.3 Å². The quantitative estimate of drug-likeness (QED) is 0.224. The number of ether oxygens (including phenoxy) is 1. The summed E-state index contributed by atoms with van der Waals surface area (Å²) in [5.74, 6) is -0.827. The van der Waals surface area contributed by atoms with Gasteiger partial charge in [0.05, 0.1) is 17.6 Å². The molecule has 0 aliphatic carbocycles. The molecule has 2 amide bonds. The molecule has 0 aliphatic heterocycles. The van der Waals surface area contributed by atoms with E-state index in [9.17, 15) is 18.0 Å². The number of hydrogen-bond donors (Lipinski definition) is 4. The lowest BCUT2D eigenvalue weighted by molar-refractivity contribution is -0.125. The number of hydrogen-bond acceptors (Lipinski definition) is 7. The van der Waals surface area contributed by atoms with E-state index in [0.29, 0.717) is 12.8 Å². The molecular weight excluding hydrogens is 552 g/mol. The predicted molar refractivity (Wildman–Crippen MR) is 156 cm³/mol. The lowest BCUT2D eigenvalue weighted by Crippen LogP contribution is -2.43. The van der Waals surface area contributed by atoms with Crippen LogP contribution in [0.4, 0.5) is 10.5 Å². The molecule has 3 rings (SSSR count). The number of aromatic nitrogens is 1. The Hall–Kier alpha value is -3.48. The van der Waals surface area contributed by atoms with E-state index in [2.05, 4.69) is 15.6 Å². The summed E-state index contributed by atoms with van der Waals surface area (Å²) in [7, 11) is -4.38. The first-order chi connectivity index (χ1) is 18.8. The van der Waals surface area contributed by atoms with Gasteiger partial charge in [0.25, 0.3) is 0 Å². The second kappa shape index (κ2) is 13.7. The average molecular weight is 589 g/mol. The van der Waals surface area contributed by atoms with Crippen molar-refractivity contribution in [2.45, 2.75) is 58.6 Å². The predicted octanol–water partition coefficient (Wildman–Crippen LogP) is 4.70. The molecule has 0 fully saturated rings. The maximum Gasteiger partial charge on any atom is 0.407 e. The molecule has 1 aromatic heterocycles. The first-order valence-corrected chi connectivity index (χ1v) is 15.2. The lowest BCUT2D eigenvalue weighted by Gasteiger charge is -2.24. The number of alkyl carbamates (subject to hydrolysis) is 1. The third-order valence-corrected chi connectivity index (χ3v) is 7.51. The zero-order valence-corrected chi connectivity index (χ0v) is 24.6. The molecule has 0 saturated carbocycles. The number of aryl methyl sites for hydroxylation is 1. The average Bonchev–Trinajstić information content (AvgIpc) is 3.35. The molecule has 0 radical (unpaired) electrons. The van der Waals surface area contributed by atoms with Gasteiger partial charge in [-0.3, -0.25) is 14.1 Å². The van der Waals surface area contributed by atoms with Crippen molar-refractivity contribution in [3.63, 3.8) is 0 Å². The SMILES string of the molecule is CCc1cnc([C@H](Cc2ccc(NS(=O)(=O)O)cc2)NC(=O)[C@H](CNC(=O)OC(C)(C)C)Cc2ccccc2)s1. The van der Waals surface area contributed by atoms with Gasteiger partial charge >= 0.3 is 16.4 Å². The van der Waals surface area contributed by atoms with Crippen LogP contribution in [0.3, 0.4) is 0 Å². The van der Waals surface area contributed by atoms with Crippen LogP contribution in [0.1, 0.15) is 54.7 Å². The van der Waals surface area contributed by atoms with Gasteiger partial charge in [0.2, 0.25) is 5.91 Å². The standard InChI is InChI=1S/C28H36N4O6S2/c1-5-23-18-29-26(39-23)24(16-20-11-13-22(14-12-20)32-40(35,36)37)31-25(33)21(15-19-9-7-6-8-10-19)17-30-27(34)38-28(2,3)4/h6-14,18,21,24,32H,5,15-17H2,1-4H3,(H,30,34)(H,31,33)(H,35,36,37)/t21-,24-/m0/s1. The number of carbonyl (C=O) groups is 2. The molecule has 0 spiro atoms. The van der Waals surface area contributed by atoms with Gasteiger partial charge < -0.3 is 15.4 Å². The van der Waals surface area contributed by atoms with E-state index in [0.717, 1.165) is 27.4 Å². The molecule has 216 valence electrons. The maximum absolute atomic E-state index is 13.7. The Labute approximate surface area is 239 Å². The van der Waals surface area contributed by atoms with Gasteiger partial charge in [0.15, 0.2) is 0 Å². The molecule has 1 heterocycles. The van der Waals surface area contributed by atoms with Crippen LogP contribution in [0.5, 0.6) is 0 Å². The third-order valence-electron chi connectivity index (χ3n) is 5.76. The van der Waals surface area contributed by atoms with Crippen molar-refractivity contribution in [1.82, 2.24) is 15.6 Å². The molecule has 0 saturated heterocycles. The molecule has 2 aromatic carbocycles. The van der Waals surface area contributed by atoms with E-state index in [1.807, 2.05) is 42.0 Å². The molecule has 40 heavy (non-hydrogen) atoms. The Morgan fingerprint density at radius 2 is 1.68 bits per heavy atom. The summed E-state index contributed by atoms with van der Waals surface area (Å²) in [5, 5.41) is 6.60. The fraction of sp³-hybridized carbons (Fsp3) is 0.393. The summed E-state index contributed by atoms with van der Waals surface area (Å²) < 4.78 is 38.6. The maximum atomic E-state index is 13.7. The van der Waals surface area contributed by atoms with Crippen molar-refractivity contribution in [3.8, 4) is 0 Å². The van der Waals surface area contributed by atoms with Crippen LogP contribution in [0.15, 0.2) is 60.8 Å². The smallest absolute Gasteiger partial charge is 0.407 e. The lowest BCUT2D eigenvalue weighted by atomic mass is 9.97. The van der Waals surface area contributed by atoms with Gasteiger partial charge in [-0.25, -0.2) is 9.78 Å². The van der Waals surface area contributed by atoms with Crippen molar-refractivity contribution in [3.05, 3.63) is 81.8 Å². The van der Waals surface area contributed by atoms with E-state index >= 15 is 0 Å². The number of carbonyl (C=O) groups excluding carboxylic acids is 2. The summed E-state index contributed by atoms with van der Waals surface area (Å²) in [4.78, 5) is 31.6. The second-order valence-corrected chi connectivity index (χ2v) is 12.6. The summed E-state index contributed by atoms with van der Waals surface area (Å²) in [6.07, 6.45) is 2.81. The Balaban J connectivity index is 1.81. The minimum absolute atomic E-state index is 0.0798. The summed E-state index contributed by atoms with van der Waals surface area (Å²) in [5.41, 5.74) is 1.33. The molecule has 3 aromatic rings. The largest absolute Gasteiger partial charge is 0.444 e. The van der Waals surface area contributed by atoms with E-state index < -0.39 is 34.0 Å². The van der Waals surface area contributed by atoms with Crippen LogP contribution >= 0.6 is 11.3 Å².